The molecule has 6 heteroatoms. The van der Waals surface area contributed by atoms with Gasteiger partial charge < -0.3 is 20.1 Å². The zero-order valence-corrected chi connectivity index (χ0v) is 13.9. The molecule has 1 aromatic carbocycles. The Bertz CT molecular complexity index is 702. The lowest BCUT2D eigenvalue weighted by Gasteiger charge is -2.43. The first-order chi connectivity index (χ1) is 11.1. The quantitative estimate of drug-likeness (QED) is 0.679. The van der Waals surface area contributed by atoms with Crippen molar-refractivity contribution in [2.24, 2.45) is 11.8 Å². The van der Waals surface area contributed by atoms with Gasteiger partial charge in [0.2, 0.25) is 0 Å². The topological polar surface area (TPSA) is 104 Å². The normalized spacial score (nSPS) is 30.0. The van der Waals surface area contributed by atoms with E-state index in [9.17, 15) is 24.9 Å². The standard InChI is InChI=1S/C18H22O6/c1-18(2,3)24-12-7-8(19)6-9-13(12)17(23)15-11(21)5-4-10(20)14(15)16(9)22/h4-5,8-9,12-13,19-21H,6-7H2,1-3H3/t8-,9+,12-,13-/m1/s1. The monoisotopic (exact) mass is 334 g/mol. The van der Waals surface area contributed by atoms with E-state index in [4.69, 9.17) is 4.74 Å². The maximum Gasteiger partial charge on any atom is 0.173 e. The Labute approximate surface area is 140 Å². The summed E-state index contributed by atoms with van der Waals surface area (Å²) in [6.07, 6.45) is -0.971. The van der Waals surface area contributed by atoms with Crippen LogP contribution in [0, 0.1) is 11.8 Å². The van der Waals surface area contributed by atoms with Crippen LogP contribution in [0.1, 0.15) is 54.3 Å². The van der Waals surface area contributed by atoms with E-state index in [1.165, 1.54) is 12.1 Å². The lowest BCUT2D eigenvalue weighted by Crippen LogP contribution is -2.51. The molecular formula is C18H22O6. The molecule has 2 aliphatic rings. The van der Waals surface area contributed by atoms with Crippen LogP contribution in [0.25, 0.3) is 0 Å². The Balaban J connectivity index is 2.11. The molecule has 0 heterocycles. The number of hydrogen-bond acceptors (Lipinski definition) is 6. The lowest BCUT2D eigenvalue weighted by atomic mass is 9.65. The van der Waals surface area contributed by atoms with E-state index in [0.29, 0.717) is 0 Å². The van der Waals surface area contributed by atoms with Gasteiger partial charge in [-0.15, -0.1) is 0 Å². The first-order valence-electron chi connectivity index (χ1n) is 8.09. The fraction of sp³-hybridized carbons (Fsp3) is 0.556. The van der Waals surface area contributed by atoms with Crippen LogP contribution in [0.5, 0.6) is 11.5 Å². The Morgan fingerprint density at radius 2 is 1.54 bits per heavy atom. The van der Waals surface area contributed by atoms with Crippen molar-refractivity contribution < 1.29 is 29.6 Å². The number of phenols is 2. The molecule has 1 aromatic rings. The van der Waals surface area contributed by atoms with E-state index in [-0.39, 0.29) is 35.5 Å². The summed E-state index contributed by atoms with van der Waals surface area (Å²) >= 11 is 0. The van der Waals surface area contributed by atoms with Gasteiger partial charge >= 0.3 is 0 Å². The largest absolute Gasteiger partial charge is 0.507 e. The van der Waals surface area contributed by atoms with E-state index in [2.05, 4.69) is 0 Å². The first-order valence-corrected chi connectivity index (χ1v) is 8.09. The van der Waals surface area contributed by atoms with Crippen molar-refractivity contribution in [3.05, 3.63) is 23.3 Å². The van der Waals surface area contributed by atoms with Crippen molar-refractivity contribution in [3.8, 4) is 11.5 Å². The van der Waals surface area contributed by atoms with Crippen LogP contribution < -0.4 is 0 Å². The van der Waals surface area contributed by atoms with Gasteiger partial charge in [0, 0.05) is 12.3 Å². The smallest absolute Gasteiger partial charge is 0.173 e. The Hall–Kier alpha value is -1.92. The van der Waals surface area contributed by atoms with Crippen LogP contribution in [-0.4, -0.2) is 44.7 Å². The number of hydrogen-bond donors (Lipinski definition) is 3. The van der Waals surface area contributed by atoms with Crippen LogP contribution in [0.15, 0.2) is 12.1 Å². The van der Waals surface area contributed by atoms with Gasteiger partial charge in [0.1, 0.15) is 11.5 Å². The molecule has 0 amide bonds. The lowest BCUT2D eigenvalue weighted by molar-refractivity contribution is -0.118. The zero-order chi connectivity index (χ0) is 17.8. The third-order valence-corrected chi connectivity index (χ3v) is 4.66. The number of ketones is 2. The number of phenolic OH excluding ortho intramolecular Hbond substituents is 2. The minimum absolute atomic E-state index is 0.139. The van der Waals surface area contributed by atoms with Crippen molar-refractivity contribution >= 4 is 11.6 Å². The molecule has 1 saturated carbocycles. The number of aromatic hydroxyl groups is 2. The van der Waals surface area contributed by atoms with Gasteiger partial charge in [-0.2, -0.15) is 0 Å². The molecule has 4 atom stereocenters. The number of carbonyl (C=O) groups is 2. The highest BCUT2D eigenvalue weighted by atomic mass is 16.5. The second-order valence-electron chi connectivity index (χ2n) is 7.61. The zero-order valence-electron chi connectivity index (χ0n) is 13.9. The predicted octanol–water partition coefficient (Wildman–Crippen LogP) is 2.05. The number of aliphatic hydroxyl groups excluding tert-OH is 1. The van der Waals surface area contributed by atoms with E-state index >= 15 is 0 Å². The van der Waals surface area contributed by atoms with Crippen molar-refractivity contribution in [2.75, 3.05) is 0 Å². The summed E-state index contributed by atoms with van der Waals surface area (Å²) in [4.78, 5) is 25.8. The molecule has 0 bridgehead atoms. The molecule has 0 aliphatic heterocycles. The average molecular weight is 334 g/mol. The van der Waals surface area contributed by atoms with Crippen molar-refractivity contribution in [3.63, 3.8) is 0 Å². The summed E-state index contributed by atoms with van der Waals surface area (Å²) in [5, 5.41) is 30.2. The summed E-state index contributed by atoms with van der Waals surface area (Å²) in [5.74, 6) is -3.00. The Kier molecular flexibility index (Phi) is 3.92. The highest BCUT2D eigenvalue weighted by Gasteiger charge is 2.52. The van der Waals surface area contributed by atoms with Crippen LogP contribution in [0.2, 0.25) is 0 Å². The van der Waals surface area contributed by atoms with E-state index in [1.54, 1.807) is 0 Å². The predicted molar refractivity (Wildman–Crippen MR) is 85.3 cm³/mol. The van der Waals surface area contributed by atoms with Crippen LogP contribution in [0.4, 0.5) is 0 Å². The van der Waals surface area contributed by atoms with Gasteiger partial charge in [-0.05, 0) is 39.3 Å². The average Bonchev–Trinajstić information content (AvgIpc) is 2.44. The minimum atomic E-state index is -0.764. The number of rotatable bonds is 1. The summed E-state index contributed by atoms with van der Waals surface area (Å²) in [6.45, 7) is 5.53. The maximum absolute atomic E-state index is 13.0. The molecule has 3 rings (SSSR count). The van der Waals surface area contributed by atoms with Gasteiger partial charge in [0.05, 0.1) is 34.9 Å². The molecule has 0 saturated heterocycles. The molecule has 0 radical (unpaired) electrons. The molecule has 3 N–H and O–H groups in total. The molecule has 0 aromatic heterocycles. The highest BCUT2D eigenvalue weighted by molar-refractivity contribution is 6.19. The van der Waals surface area contributed by atoms with Crippen molar-refractivity contribution in [1.82, 2.24) is 0 Å². The number of fused-ring (bicyclic) bond motifs is 2. The molecular weight excluding hydrogens is 312 g/mol. The molecule has 0 unspecified atom stereocenters. The van der Waals surface area contributed by atoms with Gasteiger partial charge in [0.25, 0.3) is 0 Å². The second-order valence-corrected chi connectivity index (χ2v) is 7.61. The molecule has 6 nitrogen and oxygen atoms in total. The number of benzene rings is 1. The summed E-state index contributed by atoms with van der Waals surface area (Å²) in [6, 6.07) is 2.40. The van der Waals surface area contributed by atoms with E-state index < -0.39 is 41.2 Å². The molecule has 24 heavy (non-hydrogen) atoms. The number of Topliss-reactive ketones (excluding diaryl/α,β-unsaturated/α-hetero) is 2. The SMILES string of the molecule is CC(C)(C)O[C@@H]1C[C@H](O)C[C@@H]2C(=O)c3c(O)ccc(O)c3C(=O)[C@H]21. The third-order valence-electron chi connectivity index (χ3n) is 4.66. The fourth-order valence-corrected chi connectivity index (χ4v) is 3.84. The van der Waals surface area contributed by atoms with E-state index in [1.807, 2.05) is 20.8 Å². The second kappa shape index (κ2) is 5.57. The van der Waals surface area contributed by atoms with Gasteiger partial charge in [-0.1, -0.05) is 0 Å². The molecule has 2 aliphatic carbocycles. The number of aliphatic hydroxyl groups is 1. The summed E-state index contributed by atoms with van der Waals surface area (Å²) in [7, 11) is 0. The summed E-state index contributed by atoms with van der Waals surface area (Å²) < 4.78 is 5.95. The minimum Gasteiger partial charge on any atom is -0.507 e. The Morgan fingerprint density at radius 1 is 1.00 bits per heavy atom. The highest BCUT2D eigenvalue weighted by Crippen LogP contribution is 2.46. The van der Waals surface area contributed by atoms with Gasteiger partial charge in [0.15, 0.2) is 11.6 Å². The van der Waals surface area contributed by atoms with Gasteiger partial charge in [-0.3, -0.25) is 9.59 Å². The number of ether oxygens (including phenoxy) is 1. The fourth-order valence-electron chi connectivity index (χ4n) is 3.84. The maximum atomic E-state index is 13.0. The molecule has 130 valence electrons. The summed E-state index contributed by atoms with van der Waals surface area (Å²) in [5.41, 5.74) is -0.832. The van der Waals surface area contributed by atoms with Gasteiger partial charge in [-0.25, -0.2) is 0 Å². The van der Waals surface area contributed by atoms with Crippen LogP contribution in [-0.2, 0) is 4.74 Å². The van der Waals surface area contributed by atoms with E-state index in [0.717, 1.165) is 0 Å². The van der Waals surface area contributed by atoms with Crippen molar-refractivity contribution in [1.29, 1.82) is 0 Å². The molecule has 1 fully saturated rings. The Morgan fingerprint density at radius 3 is 2.08 bits per heavy atom. The molecule has 0 spiro atoms. The van der Waals surface area contributed by atoms with Crippen LogP contribution in [0.3, 0.4) is 0 Å². The number of carbonyl (C=O) groups excluding carboxylic acids is 2. The first kappa shape index (κ1) is 16.9. The van der Waals surface area contributed by atoms with Crippen molar-refractivity contribution in [2.45, 2.75) is 51.4 Å². The third kappa shape index (κ3) is 2.70. The van der Waals surface area contributed by atoms with Crippen LogP contribution >= 0.6 is 0 Å².